The number of hydrogen-bond donors (Lipinski definition) is 1. The minimum Gasteiger partial charge on any atom is -0.316 e. The summed E-state index contributed by atoms with van der Waals surface area (Å²) in [7, 11) is 1.90. The molecule has 0 saturated carbocycles. The normalized spacial score (nSPS) is 10.8. The van der Waals surface area contributed by atoms with Crippen LogP contribution in [0.4, 0.5) is 4.39 Å². The van der Waals surface area contributed by atoms with E-state index in [1.807, 2.05) is 39.1 Å². The summed E-state index contributed by atoms with van der Waals surface area (Å²) < 4.78 is 13.4. The van der Waals surface area contributed by atoms with Crippen LogP contribution in [0.1, 0.15) is 16.7 Å². The van der Waals surface area contributed by atoms with E-state index in [-0.39, 0.29) is 5.82 Å². The van der Waals surface area contributed by atoms with Crippen molar-refractivity contribution in [1.82, 2.24) is 5.32 Å². The third-order valence-electron chi connectivity index (χ3n) is 3.20. The first-order valence-corrected chi connectivity index (χ1v) is 6.61. The Morgan fingerprint density at radius 1 is 1.11 bits per heavy atom. The fraction of sp³-hybridized carbons (Fsp3) is 0.250. The van der Waals surface area contributed by atoms with E-state index in [4.69, 9.17) is 11.6 Å². The predicted octanol–water partition coefficient (Wildman–Crippen LogP) is 4.48. The molecule has 0 heterocycles. The summed E-state index contributed by atoms with van der Waals surface area (Å²) in [6.07, 6.45) is 0. The highest BCUT2D eigenvalue weighted by Crippen LogP contribution is 2.32. The van der Waals surface area contributed by atoms with Crippen molar-refractivity contribution in [1.29, 1.82) is 0 Å². The second kappa shape index (κ2) is 5.72. The molecule has 3 heteroatoms. The van der Waals surface area contributed by atoms with Crippen LogP contribution in [-0.4, -0.2) is 7.05 Å². The van der Waals surface area contributed by atoms with Crippen LogP contribution in [0, 0.1) is 19.7 Å². The lowest BCUT2D eigenvalue weighted by atomic mass is 9.92. The van der Waals surface area contributed by atoms with Gasteiger partial charge in [-0.2, -0.15) is 0 Å². The largest absolute Gasteiger partial charge is 0.316 e. The topological polar surface area (TPSA) is 12.0 Å². The summed E-state index contributed by atoms with van der Waals surface area (Å²) in [5, 5.41) is 3.85. The number of nitrogens with one attached hydrogen (secondary N) is 1. The molecule has 0 spiro atoms. The lowest BCUT2D eigenvalue weighted by Crippen LogP contribution is -2.07. The highest BCUT2D eigenvalue weighted by atomic mass is 35.5. The van der Waals surface area contributed by atoms with E-state index in [0.717, 1.165) is 34.4 Å². The Labute approximate surface area is 118 Å². The first-order valence-electron chi connectivity index (χ1n) is 6.23. The Morgan fingerprint density at radius 2 is 1.74 bits per heavy atom. The second-order valence-electron chi connectivity index (χ2n) is 4.75. The Bertz CT molecular complexity index is 585. The fourth-order valence-electron chi connectivity index (χ4n) is 2.48. The smallest absolute Gasteiger partial charge is 0.123 e. The SMILES string of the molecule is CNCc1cc(Cl)ccc1-c1c(C)cc(F)cc1C. The van der Waals surface area contributed by atoms with Gasteiger partial charge in [-0.05, 0) is 73.0 Å². The number of rotatable bonds is 3. The molecule has 100 valence electrons. The average Bonchev–Trinajstić information content (AvgIpc) is 2.31. The van der Waals surface area contributed by atoms with Gasteiger partial charge in [0, 0.05) is 11.6 Å². The molecule has 0 aliphatic rings. The quantitative estimate of drug-likeness (QED) is 0.872. The van der Waals surface area contributed by atoms with Crippen molar-refractivity contribution in [3.8, 4) is 11.1 Å². The molecule has 0 fully saturated rings. The summed E-state index contributed by atoms with van der Waals surface area (Å²) in [4.78, 5) is 0. The van der Waals surface area contributed by atoms with Gasteiger partial charge in [-0.25, -0.2) is 4.39 Å². The first kappa shape index (κ1) is 14.0. The molecule has 0 saturated heterocycles. The lowest BCUT2D eigenvalue weighted by molar-refractivity contribution is 0.625. The van der Waals surface area contributed by atoms with E-state index in [0.29, 0.717) is 5.02 Å². The molecular weight excluding hydrogens is 261 g/mol. The number of benzene rings is 2. The zero-order chi connectivity index (χ0) is 14.0. The molecule has 1 nitrogen and oxygen atoms in total. The summed E-state index contributed by atoms with van der Waals surface area (Å²) in [5.74, 6) is -0.192. The first-order chi connectivity index (χ1) is 9.02. The lowest BCUT2D eigenvalue weighted by Gasteiger charge is -2.15. The Hall–Kier alpha value is -1.38. The van der Waals surface area contributed by atoms with Crippen LogP contribution in [0.5, 0.6) is 0 Å². The maximum atomic E-state index is 13.4. The minimum atomic E-state index is -0.192. The van der Waals surface area contributed by atoms with E-state index in [1.165, 1.54) is 0 Å². The van der Waals surface area contributed by atoms with Gasteiger partial charge in [0.2, 0.25) is 0 Å². The van der Waals surface area contributed by atoms with Gasteiger partial charge in [0.15, 0.2) is 0 Å². The van der Waals surface area contributed by atoms with E-state index in [2.05, 4.69) is 5.32 Å². The summed E-state index contributed by atoms with van der Waals surface area (Å²) in [6.45, 7) is 4.60. The summed E-state index contributed by atoms with van der Waals surface area (Å²) in [5.41, 5.74) is 5.19. The highest BCUT2D eigenvalue weighted by molar-refractivity contribution is 6.30. The van der Waals surface area contributed by atoms with Gasteiger partial charge in [-0.1, -0.05) is 17.7 Å². The average molecular weight is 278 g/mol. The van der Waals surface area contributed by atoms with Crippen molar-refractivity contribution in [2.24, 2.45) is 0 Å². The monoisotopic (exact) mass is 277 g/mol. The maximum absolute atomic E-state index is 13.4. The van der Waals surface area contributed by atoms with Crippen LogP contribution >= 0.6 is 11.6 Å². The summed E-state index contributed by atoms with van der Waals surface area (Å²) >= 11 is 6.06. The van der Waals surface area contributed by atoms with E-state index in [1.54, 1.807) is 12.1 Å². The Balaban J connectivity index is 2.65. The second-order valence-corrected chi connectivity index (χ2v) is 5.18. The van der Waals surface area contributed by atoms with Gasteiger partial charge in [-0.3, -0.25) is 0 Å². The Morgan fingerprint density at radius 3 is 2.32 bits per heavy atom. The molecule has 19 heavy (non-hydrogen) atoms. The van der Waals surface area contributed by atoms with Crippen molar-refractivity contribution in [2.45, 2.75) is 20.4 Å². The van der Waals surface area contributed by atoms with Crippen molar-refractivity contribution in [3.05, 3.63) is 57.9 Å². The van der Waals surface area contributed by atoms with Crippen LogP contribution < -0.4 is 5.32 Å². The van der Waals surface area contributed by atoms with Crippen LogP contribution in [0.15, 0.2) is 30.3 Å². The van der Waals surface area contributed by atoms with Crippen molar-refractivity contribution in [3.63, 3.8) is 0 Å². The maximum Gasteiger partial charge on any atom is 0.123 e. The van der Waals surface area contributed by atoms with Crippen LogP contribution in [0.3, 0.4) is 0 Å². The van der Waals surface area contributed by atoms with Gasteiger partial charge in [0.25, 0.3) is 0 Å². The minimum absolute atomic E-state index is 0.192. The molecule has 0 atom stereocenters. The fourth-order valence-corrected chi connectivity index (χ4v) is 2.67. The molecule has 0 aliphatic carbocycles. The third kappa shape index (κ3) is 2.96. The molecule has 1 N–H and O–H groups in total. The van der Waals surface area contributed by atoms with Crippen molar-refractivity contribution in [2.75, 3.05) is 7.05 Å². The number of aryl methyl sites for hydroxylation is 2. The molecule has 2 rings (SSSR count). The van der Waals surface area contributed by atoms with Crippen LogP contribution in [0.2, 0.25) is 5.02 Å². The molecule has 0 aliphatic heterocycles. The predicted molar refractivity (Wildman–Crippen MR) is 79.1 cm³/mol. The van der Waals surface area contributed by atoms with Gasteiger partial charge < -0.3 is 5.32 Å². The van der Waals surface area contributed by atoms with Crippen LogP contribution in [-0.2, 0) is 6.54 Å². The van der Waals surface area contributed by atoms with E-state index in [9.17, 15) is 4.39 Å². The van der Waals surface area contributed by atoms with E-state index < -0.39 is 0 Å². The van der Waals surface area contributed by atoms with Gasteiger partial charge >= 0.3 is 0 Å². The zero-order valence-corrected chi connectivity index (χ0v) is 12.1. The Kier molecular flexibility index (Phi) is 4.23. The van der Waals surface area contributed by atoms with Crippen molar-refractivity contribution >= 4 is 11.6 Å². The van der Waals surface area contributed by atoms with Gasteiger partial charge in [-0.15, -0.1) is 0 Å². The van der Waals surface area contributed by atoms with Gasteiger partial charge in [0.05, 0.1) is 0 Å². The molecule has 0 unspecified atom stereocenters. The summed E-state index contributed by atoms with van der Waals surface area (Å²) in [6, 6.07) is 8.97. The number of hydrogen-bond acceptors (Lipinski definition) is 1. The van der Waals surface area contributed by atoms with Crippen molar-refractivity contribution < 1.29 is 4.39 Å². The molecular formula is C16H17ClFN. The zero-order valence-electron chi connectivity index (χ0n) is 11.3. The molecule has 0 aromatic heterocycles. The number of halogens is 2. The molecule has 0 amide bonds. The standard InChI is InChI=1S/C16H17ClFN/c1-10-6-14(18)7-11(2)16(10)15-5-4-13(17)8-12(15)9-19-3/h4-8,19H,9H2,1-3H3. The van der Waals surface area contributed by atoms with Gasteiger partial charge in [0.1, 0.15) is 5.82 Å². The highest BCUT2D eigenvalue weighted by Gasteiger charge is 2.12. The third-order valence-corrected chi connectivity index (χ3v) is 3.44. The van der Waals surface area contributed by atoms with Crippen LogP contribution in [0.25, 0.3) is 11.1 Å². The molecule has 0 bridgehead atoms. The molecule has 2 aromatic carbocycles. The molecule has 2 aromatic rings. The van der Waals surface area contributed by atoms with E-state index >= 15 is 0 Å². The molecule has 0 radical (unpaired) electrons.